The molecule has 2 rings (SSSR count). The van der Waals surface area contributed by atoms with E-state index in [-0.39, 0.29) is 17.8 Å². The van der Waals surface area contributed by atoms with E-state index in [1.54, 1.807) is 0 Å². The first-order valence-electron chi connectivity index (χ1n) is 6.51. The molecular weight excluding hydrogens is 310 g/mol. The molecule has 21 heavy (non-hydrogen) atoms. The lowest BCUT2D eigenvalue weighted by Gasteiger charge is -2.34. The minimum absolute atomic E-state index is 0.206. The van der Waals surface area contributed by atoms with Crippen molar-refractivity contribution in [3.8, 4) is 0 Å². The summed E-state index contributed by atoms with van der Waals surface area (Å²) in [5, 5.41) is -0.281. The summed E-state index contributed by atoms with van der Waals surface area (Å²) in [6, 6.07) is 2.72. The van der Waals surface area contributed by atoms with Gasteiger partial charge in [0.15, 0.2) is 0 Å². The number of hydrogen-bond donors (Lipinski definition) is 0. The minimum Gasteiger partial charge on any atom is -0.337 e. The number of likely N-dealkylation sites (tertiary alicyclic amines) is 1. The van der Waals surface area contributed by atoms with Gasteiger partial charge in [0.05, 0.1) is 16.5 Å². The molecule has 7 heteroatoms. The van der Waals surface area contributed by atoms with E-state index in [2.05, 4.69) is 0 Å². The molecule has 0 spiro atoms. The normalized spacial score (nSPS) is 23.2. The Labute approximate surface area is 124 Å². The Hall–Kier alpha value is -1.30. The lowest BCUT2D eigenvalue weighted by atomic mass is 9.97. The van der Waals surface area contributed by atoms with Gasteiger partial charge in [0.25, 0.3) is 5.91 Å². The minimum atomic E-state index is -4.83. The number of rotatable bonds is 1. The number of hydrogen-bond acceptors (Lipinski definition) is 1. The molecular formula is C14H14ClF4NO. The van der Waals surface area contributed by atoms with E-state index < -0.39 is 29.0 Å². The van der Waals surface area contributed by atoms with Crippen molar-refractivity contribution in [3.63, 3.8) is 0 Å². The zero-order valence-corrected chi connectivity index (χ0v) is 12.0. The maximum atomic E-state index is 13.9. The van der Waals surface area contributed by atoms with Crippen LogP contribution < -0.4 is 0 Å². The Balaban J connectivity index is 2.28. The number of carbonyl (C=O) groups excluding carboxylic acids is 1. The third-order valence-corrected chi connectivity index (χ3v) is 4.26. The van der Waals surface area contributed by atoms with Gasteiger partial charge in [-0.1, -0.05) is 13.0 Å². The molecule has 0 saturated carbocycles. The first kappa shape index (κ1) is 16.1. The maximum Gasteiger partial charge on any atom is 0.419 e. The summed E-state index contributed by atoms with van der Waals surface area (Å²) >= 11 is 6.07. The molecule has 0 bridgehead atoms. The first-order chi connectivity index (χ1) is 9.71. The van der Waals surface area contributed by atoms with Crippen LogP contribution in [0.1, 0.15) is 29.3 Å². The van der Waals surface area contributed by atoms with Crippen molar-refractivity contribution in [3.05, 3.63) is 35.1 Å². The molecule has 1 heterocycles. The summed E-state index contributed by atoms with van der Waals surface area (Å²) in [6.45, 7) is 2.50. The Bertz CT molecular complexity index is 546. The van der Waals surface area contributed by atoms with Gasteiger partial charge in [-0.3, -0.25) is 4.79 Å². The van der Waals surface area contributed by atoms with Crippen LogP contribution >= 0.6 is 11.6 Å². The van der Waals surface area contributed by atoms with Crippen molar-refractivity contribution < 1.29 is 22.4 Å². The molecule has 116 valence electrons. The Morgan fingerprint density at radius 3 is 2.62 bits per heavy atom. The Morgan fingerprint density at radius 1 is 1.38 bits per heavy atom. The second-order valence-corrected chi connectivity index (χ2v) is 5.76. The van der Waals surface area contributed by atoms with Crippen LogP contribution in [0.5, 0.6) is 0 Å². The highest BCUT2D eigenvalue weighted by Crippen LogP contribution is 2.33. The van der Waals surface area contributed by atoms with Gasteiger partial charge in [-0.15, -0.1) is 11.6 Å². The quantitative estimate of drug-likeness (QED) is 0.566. The number of nitrogens with zero attached hydrogens (tertiary/aromatic N) is 1. The first-order valence-corrected chi connectivity index (χ1v) is 6.94. The van der Waals surface area contributed by atoms with Gasteiger partial charge in [-0.25, -0.2) is 4.39 Å². The lowest BCUT2D eigenvalue weighted by Crippen LogP contribution is -2.44. The molecule has 1 saturated heterocycles. The maximum absolute atomic E-state index is 13.9. The molecule has 0 N–H and O–H groups in total. The largest absolute Gasteiger partial charge is 0.419 e. The molecule has 1 aliphatic heterocycles. The number of amides is 1. The standard InChI is InChI=1S/C14H14ClF4NO/c1-8-5-6-20(7-11(8)15)13(21)9-3-2-4-10(12(9)16)14(17,18)19/h2-4,8,11H,5-7H2,1H3. The summed E-state index contributed by atoms with van der Waals surface area (Å²) in [7, 11) is 0. The van der Waals surface area contributed by atoms with Crippen molar-refractivity contribution in [2.24, 2.45) is 5.92 Å². The van der Waals surface area contributed by atoms with Crippen molar-refractivity contribution in [2.45, 2.75) is 24.9 Å². The van der Waals surface area contributed by atoms with Crippen LogP contribution in [0.3, 0.4) is 0 Å². The van der Waals surface area contributed by atoms with E-state index in [4.69, 9.17) is 11.6 Å². The number of benzene rings is 1. The summed E-state index contributed by atoms with van der Waals surface area (Å²) in [5.74, 6) is -2.07. The summed E-state index contributed by atoms with van der Waals surface area (Å²) < 4.78 is 51.9. The van der Waals surface area contributed by atoms with Crippen molar-refractivity contribution >= 4 is 17.5 Å². The van der Waals surface area contributed by atoms with Crippen LogP contribution in [0, 0.1) is 11.7 Å². The van der Waals surface area contributed by atoms with E-state index in [9.17, 15) is 22.4 Å². The number of alkyl halides is 4. The average molecular weight is 324 g/mol. The van der Waals surface area contributed by atoms with Crippen LogP contribution in [0.4, 0.5) is 17.6 Å². The Kier molecular flexibility index (Phi) is 4.46. The highest BCUT2D eigenvalue weighted by atomic mass is 35.5. The monoisotopic (exact) mass is 323 g/mol. The zero-order chi connectivity index (χ0) is 15.8. The van der Waals surface area contributed by atoms with Crippen LogP contribution in [0.2, 0.25) is 0 Å². The molecule has 1 aromatic rings. The fraction of sp³-hybridized carbons (Fsp3) is 0.500. The summed E-state index contributed by atoms with van der Waals surface area (Å²) in [5.41, 5.74) is -2.00. The summed E-state index contributed by atoms with van der Waals surface area (Å²) in [4.78, 5) is 13.5. The third-order valence-electron chi connectivity index (χ3n) is 3.69. The zero-order valence-electron chi connectivity index (χ0n) is 11.3. The van der Waals surface area contributed by atoms with E-state index >= 15 is 0 Å². The molecule has 1 aliphatic rings. The van der Waals surface area contributed by atoms with Crippen molar-refractivity contribution in [1.82, 2.24) is 4.90 Å². The molecule has 0 aromatic heterocycles. The fourth-order valence-corrected chi connectivity index (χ4v) is 2.59. The second kappa shape index (κ2) is 5.83. The van der Waals surface area contributed by atoms with E-state index in [0.29, 0.717) is 19.0 Å². The van der Waals surface area contributed by atoms with Crippen LogP contribution in [-0.2, 0) is 6.18 Å². The van der Waals surface area contributed by atoms with Gasteiger partial charge in [0, 0.05) is 13.1 Å². The Morgan fingerprint density at radius 2 is 2.05 bits per heavy atom. The molecule has 0 radical (unpaired) electrons. The SMILES string of the molecule is CC1CCN(C(=O)c2cccc(C(F)(F)F)c2F)CC1Cl. The second-order valence-electron chi connectivity index (χ2n) is 5.20. The van der Waals surface area contributed by atoms with E-state index in [0.717, 1.165) is 12.1 Å². The smallest absolute Gasteiger partial charge is 0.337 e. The van der Waals surface area contributed by atoms with Gasteiger partial charge in [-0.05, 0) is 24.5 Å². The number of piperidine rings is 1. The number of carbonyl (C=O) groups is 1. The fourth-order valence-electron chi connectivity index (χ4n) is 2.29. The van der Waals surface area contributed by atoms with Crippen LogP contribution in [-0.4, -0.2) is 29.3 Å². The molecule has 2 unspecified atom stereocenters. The molecule has 1 fully saturated rings. The highest BCUT2D eigenvalue weighted by molar-refractivity contribution is 6.21. The third kappa shape index (κ3) is 3.31. The lowest BCUT2D eigenvalue weighted by molar-refractivity contribution is -0.140. The van der Waals surface area contributed by atoms with E-state index in [1.165, 1.54) is 4.90 Å². The van der Waals surface area contributed by atoms with Crippen molar-refractivity contribution in [2.75, 3.05) is 13.1 Å². The molecule has 2 atom stereocenters. The van der Waals surface area contributed by atoms with Gasteiger partial charge < -0.3 is 4.90 Å². The van der Waals surface area contributed by atoms with Crippen molar-refractivity contribution in [1.29, 1.82) is 0 Å². The molecule has 2 nitrogen and oxygen atoms in total. The van der Waals surface area contributed by atoms with Gasteiger partial charge in [-0.2, -0.15) is 13.2 Å². The van der Waals surface area contributed by atoms with Gasteiger partial charge >= 0.3 is 6.18 Å². The highest BCUT2D eigenvalue weighted by Gasteiger charge is 2.37. The van der Waals surface area contributed by atoms with E-state index in [1.807, 2.05) is 6.92 Å². The van der Waals surface area contributed by atoms with Crippen LogP contribution in [0.25, 0.3) is 0 Å². The van der Waals surface area contributed by atoms with Crippen LogP contribution in [0.15, 0.2) is 18.2 Å². The van der Waals surface area contributed by atoms with Gasteiger partial charge in [0.1, 0.15) is 5.82 Å². The topological polar surface area (TPSA) is 20.3 Å². The molecule has 1 aromatic carbocycles. The molecule has 1 amide bonds. The predicted octanol–water partition coefficient (Wildman–Crippen LogP) is 3.93. The predicted molar refractivity (Wildman–Crippen MR) is 70.7 cm³/mol. The van der Waals surface area contributed by atoms with Gasteiger partial charge in [0.2, 0.25) is 0 Å². The molecule has 0 aliphatic carbocycles. The average Bonchev–Trinajstić information content (AvgIpc) is 2.40. The number of halogens is 5. The summed E-state index contributed by atoms with van der Waals surface area (Å²) in [6.07, 6.45) is -4.19.